The van der Waals surface area contributed by atoms with Crippen molar-refractivity contribution in [3.63, 3.8) is 0 Å². The van der Waals surface area contributed by atoms with Crippen molar-refractivity contribution in [3.05, 3.63) is 65.0 Å². The second-order valence-corrected chi connectivity index (χ2v) is 6.57. The van der Waals surface area contributed by atoms with E-state index in [0.717, 1.165) is 5.56 Å². The van der Waals surface area contributed by atoms with Crippen LogP contribution in [0, 0.1) is 11.3 Å². The molecule has 1 amide bonds. The Morgan fingerprint density at radius 2 is 2.11 bits per heavy atom. The quantitative estimate of drug-likeness (QED) is 0.821. The number of ether oxygens (including phenoxy) is 1. The van der Waals surface area contributed by atoms with Gasteiger partial charge in [0, 0.05) is 6.20 Å². The van der Waals surface area contributed by atoms with E-state index in [1.807, 2.05) is 0 Å². The number of benzene rings is 1. The van der Waals surface area contributed by atoms with Gasteiger partial charge < -0.3 is 15.8 Å². The third kappa shape index (κ3) is 2.49. The molecule has 0 bridgehead atoms. The Kier molecular flexibility index (Phi) is 4.00. The number of nitrogens with zero attached hydrogens (tertiary/aromatic N) is 3. The van der Waals surface area contributed by atoms with Crippen LogP contribution in [0.1, 0.15) is 33.6 Å². The van der Waals surface area contributed by atoms with Crippen LogP contribution < -0.4 is 11.1 Å². The molecule has 7 nitrogen and oxygen atoms in total. The van der Waals surface area contributed by atoms with Gasteiger partial charge in [0.2, 0.25) is 6.23 Å². The van der Waals surface area contributed by atoms with Crippen molar-refractivity contribution in [2.75, 3.05) is 0 Å². The Labute approximate surface area is 158 Å². The largest absolute Gasteiger partial charge is 0.435 e. The van der Waals surface area contributed by atoms with Gasteiger partial charge in [-0.25, -0.2) is 9.98 Å². The zero-order valence-corrected chi connectivity index (χ0v) is 14.5. The predicted molar refractivity (Wildman–Crippen MR) is 94.3 cm³/mol. The summed E-state index contributed by atoms with van der Waals surface area (Å²) in [5, 5.41) is 11.2. The van der Waals surface area contributed by atoms with Crippen LogP contribution in [-0.4, -0.2) is 29.1 Å². The topological polar surface area (TPSA) is 113 Å². The molecule has 0 fully saturated rings. The second kappa shape index (κ2) is 6.27. The van der Waals surface area contributed by atoms with Gasteiger partial charge in [-0.1, -0.05) is 24.3 Å². The highest BCUT2D eigenvalue weighted by atomic mass is 19.3. The molecule has 2 heterocycles. The number of carbonyl (C=O) groups excluding carboxylic acids is 1. The molecule has 0 saturated carbocycles. The zero-order valence-electron chi connectivity index (χ0n) is 14.5. The van der Waals surface area contributed by atoms with Crippen LogP contribution >= 0.6 is 0 Å². The summed E-state index contributed by atoms with van der Waals surface area (Å²) in [6.07, 6.45) is -0.331. The molecule has 1 unspecified atom stereocenters. The normalized spacial score (nSPS) is 24.6. The number of aryl methyl sites for hydroxylation is 1. The molecule has 3 N–H and O–H groups in total. The lowest BCUT2D eigenvalue weighted by atomic mass is 9.83. The van der Waals surface area contributed by atoms with E-state index in [1.165, 1.54) is 18.3 Å². The maximum atomic E-state index is 15.6. The van der Waals surface area contributed by atoms with Crippen LogP contribution in [0.5, 0.6) is 0 Å². The molecule has 1 aromatic heterocycles. The number of amidine groups is 1. The summed E-state index contributed by atoms with van der Waals surface area (Å²) in [5.41, 5.74) is 4.58. The maximum absolute atomic E-state index is 15.6. The monoisotopic (exact) mass is 383 g/mol. The van der Waals surface area contributed by atoms with Crippen LogP contribution in [0.3, 0.4) is 0 Å². The number of hydrogen-bond donors (Lipinski definition) is 2. The lowest BCUT2D eigenvalue weighted by Crippen LogP contribution is -2.63. The zero-order chi connectivity index (χ0) is 19.9. The summed E-state index contributed by atoms with van der Waals surface area (Å²) in [6.45, 7) is 0. The van der Waals surface area contributed by atoms with Gasteiger partial charge in [-0.3, -0.25) is 4.79 Å². The predicted octanol–water partition coefficient (Wildman–Crippen LogP) is 1.83. The summed E-state index contributed by atoms with van der Waals surface area (Å²) in [7, 11) is 0. The standard InChI is InChI=1S/C19H15F2N5O2/c20-19(21)16(25-15(27)14-12(10-22)5-3-9-24-14)28-17(23)26-18(19)8-7-11-4-1-2-6-13(11)18/h1-6,9,16H,7-8H2,(H2,23,26)(H,25,27)/t16?,18-/m1/s1. The lowest BCUT2D eigenvalue weighted by Gasteiger charge is -2.42. The summed E-state index contributed by atoms with van der Waals surface area (Å²) in [5.74, 6) is -4.54. The molecule has 2 aromatic rings. The van der Waals surface area contributed by atoms with Crippen LogP contribution in [0.2, 0.25) is 0 Å². The number of hydrogen-bond acceptors (Lipinski definition) is 6. The molecule has 0 radical (unpaired) electrons. The number of fused-ring (bicyclic) bond motifs is 2. The average Bonchev–Trinajstić information content (AvgIpc) is 3.06. The van der Waals surface area contributed by atoms with Crippen molar-refractivity contribution < 1.29 is 18.3 Å². The van der Waals surface area contributed by atoms with E-state index in [9.17, 15) is 4.79 Å². The van der Waals surface area contributed by atoms with Gasteiger partial charge in [-0.2, -0.15) is 14.0 Å². The Hall–Kier alpha value is -3.54. The number of amides is 1. The van der Waals surface area contributed by atoms with Crippen molar-refractivity contribution in [2.24, 2.45) is 10.7 Å². The van der Waals surface area contributed by atoms with Crippen molar-refractivity contribution in [3.8, 4) is 6.07 Å². The summed E-state index contributed by atoms with van der Waals surface area (Å²) in [4.78, 5) is 20.3. The van der Waals surface area contributed by atoms with E-state index in [2.05, 4.69) is 15.3 Å². The highest BCUT2D eigenvalue weighted by molar-refractivity contribution is 5.95. The van der Waals surface area contributed by atoms with E-state index in [0.29, 0.717) is 12.0 Å². The summed E-state index contributed by atoms with van der Waals surface area (Å²) < 4.78 is 36.1. The van der Waals surface area contributed by atoms with Crippen LogP contribution in [0.25, 0.3) is 0 Å². The Morgan fingerprint density at radius 3 is 2.89 bits per heavy atom. The number of halogens is 2. The Morgan fingerprint density at radius 1 is 1.32 bits per heavy atom. The van der Waals surface area contributed by atoms with E-state index < -0.39 is 29.6 Å². The maximum Gasteiger partial charge on any atom is 0.331 e. The molecular weight excluding hydrogens is 368 g/mol. The molecule has 1 aromatic carbocycles. The fourth-order valence-electron chi connectivity index (χ4n) is 3.74. The van der Waals surface area contributed by atoms with Crippen molar-refractivity contribution in [1.29, 1.82) is 5.26 Å². The Bertz CT molecular complexity index is 1030. The van der Waals surface area contributed by atoms with Gasteiger partial charge in [0.15, 0.2) is 5.54 Å². The number of alkyl halides is 2. The number of rotatable bonds is 2. The van der Waals surface area contributed by atoms with Gasteiger partial charge in [0.05, 0.1) is 5.56 Å². The minimum absolute atomic E-state index is 0.0306. The Balaban J connectivity index is 1.72. The van der Waals surface area contributed by atoms with Crippen LogP contribution in [-0.2, 0) is 16.7 Å². The first-order valence-corrected chi connectivity index (χ1v) is 8.53. The minimum Gasteiger partial charge on any atom is -0.435 e. The third-order valence-corrected chi connectivity index (χ3v) is 5.04. The first kappa shape index (κ1) is 17.9. The molecule has 1 aliphatic carbocycles. The minimum atomic E-state index is -3.58. The number of aliphatic imine (C=N–C) groups is 1. The second-order valence-electron chi connectivity index (χ2n) is 6.57. The highest BCUT2D eigenvalue weighted by Crippen LogP contribution is 2.53. The van der Waals surface area contributed by atoms with E-state index >= 15 is 8.78 Å². The van der Waals surface area contributed by atoms with Crippen molar-refractivity contribution in [2.45, 2.75) is 30.5 Å². The highest BCUT2D eigenvalue weighted by Gasteiger charge is 2.66. The first-order chi connectivity index (χ1) is 13.4. The molecule has 2 atom stereocenters. The molecule has 1 aliphatic heterocycles. The lowest BCUT2D eigenvalue weighted by molar-refractivity contribution is -0.174. The van der Waals surface area contributed by atoms with E-state index in [4.69, 9.17) is 15.7 Å². The third-order valence-electron chi connectivity index (χ3n) is 5.04. The number of carbonyl (C=O) groups is 1. The SMILES string of the molecule is N#Cc1cccnc1C(=O)NC1OC(N)=N[C@@]2(CCc3ccccc32)C1(F)F. The number of nitrogens with two attached hydrogens (primary N) is 1. The molecule has 142 valence electrons. The van der Waals surface area contributed by atoms with Crippen molar-refractivity contribution >= 4 is 11.9 Å². The van der Waals surface area contributed by atoms with Gasteiger partial charge in [0.25, 0.3) is 11.9 Å². The molecule has 0 saturated heterocycles. The summed E-state index contributed by atoms with van der Waals surface area (Å²) >= 11 is 0. The van der Waals surface area contributed by atoms with E-state index in [-0.39, 0.29) is 17.7 Å². The van der Waals surface area contributed by atoms with Gasteiger partial charge in [0.1, 0.15) is 11.8 Å². The molecule has 4 rings (SSSR count). The van der Waals surface area contributed by atoms with Crippen LogP contribution in [0.4, 0.5) is 8.78 Å². The number of nitrogens with one attached hydrogen (secondary N) is 1. The molecule has 9 heteroatoms. The summed E-state index contributed by atoms with van der Waals surface area (Å²) in [6, 6.07) is 11.0. The van der Waals surface area contributed by atoms with E-state index in [1.54, 1.807) is 30.3 Å². The first-order valence-electron chi connectivity index (χ1n) is 8.53. The van der Waals surface area contributed by atoms with Gasteiger partial charge in [-0.05, 0) is 36.1 Å². The van der Waals surface area contributed by atoms with Crippen molar-refractivity contribution in [1.82, 2.24) is 10.3 Å². The molecule has 28 heavy (non-hydrogen) atoms. The van der Waals surface area contributed by atoms with Crippen LogP contribution in [0.15, 0.2) is 47.6 Å². The van der Waals surface area contributed by atoms with Gasteiger partial charge >= 0.3 is 5.92 Å². The molecule has 2 aliphatic rings. The number of nitriles is 1. The van der Waals surface area contributed by atoms with Gasteiger partial charge in [-0.15, -0.1) is 0 Å². The molecular formula is C19H15F2N5O2. The smallest absolute Gasteiger partial charge is 0.331 e. The number of pyridine rings is 1. The average molecular weight is 383 g/mol. The molecule has 1 spiro atoms. The number of aromatic nitrogens is 1. The fraction of sp³-hybridized carbons (Fsp3) is 0.263. The fourth-order valence-corrected chi connectivity index (χ4v) is 3.74.